The Morgan fingerprint density at radius 3 is 2.72 bits per heavy atom. The van der Waals surface area contributed by atoms with Crippen LogP contribution in [0.5, 0.6) is 0 Å². The molecule has 134 valence electrons. The van der Waals surface area contributed by atoms with E-state index in [1.165, 1.54) is 21.9 Å². The van der Waals surface area contributed by atoms with E-state index in [0.29, 0.717) is 44.6 Å². The standard InChI is InChI=1S/C17H19ClFN3O3/c18-12-4-3-10(8-13(12)19)20-7-5-11(9-20)22-16(24)15-14(23)2-1-6-21(15)17(22)25/h3-4,8,11,14-15,23H,1-2,5-7,9H2. The van der Waals surface area contributed by atoms with Gasteiger partial charge in [-0.05, 0) is 37.5 Å². The van der Waals surface area contributed by atoms with Gasteiger partial charge in [0, 0.05) is 25.3 Å². The average Bonchev–Trinajstić information content (AvgIpc) is 3.15. The first-order valence-electron chi connectivity index (χ1n) is 8.49. The largest absolute Gasteiger partial charge is 0.390 e. The summed E-state index contributed by atoms with van der Waals surface area (Å²) in [5.41, 5.74) is 0.682. The lowest BCUT2D eigenvalue weighted by atomic mass is 10.00. The average molecular weight is 368 g/mol. The molecule has 3 aliphatic rings. The van der Waals surface area contributed by atoms with E-state index >= 15 is 0 Å². The Kier molecular flexibility index (Phi) is 4.08. The van der Waals surface area contributed by atoms with Crippen molar-refractivity contribution >= 4 is 29.2 Å². The zero-order valence-electron chi connectivity index (χ0n) is 13.6. The molecule has 0 aromatic heterocycles. The number of fused-ring (bicyclic) bond motifs is 1. The molecule has 25 heavy (non-hydrogen) atoms. The first-order valence-corrected chi connectivity index (χ1v) is 8.87. The van der Waals surface area contributed by atoms with Crippen molar-refractivity contribution in [1.29, 1.82) is 0 Å². The highest BCUT2D eigenvalue weighted by molar-refractivity contribution is 6.30. The number of hydrogen-bond acceptors (Lipinski definition) is 4. The molecule has 8 heteroatoms. The maximum Gasteiger partial charge on any atom is 0.327 e. The molecular formula is C17H19ClFN3O3. The van der Waals surface area contributed by atoms with Crippen LogP contribution in [-0.2, 0) is 4.79 Å². The number of piperidine rings is 1. The van der Waals surface area contributed by atoms with Gasteiger partial charge in [-0.3, -0.25) is 9.69 Å². The van der Waals surface area contributed by atoms with E-state index in [2.05, 4.69) is 0 Å². The van der Waals surface area contributed by atoms with Crippen molar-refractivity contribution in [3.05, 3.63) is 29.0 Å². The first-order chi connectivity index (χ1) is 12.0. The number of hydrogen-bond donors (Lipinski definition) is 1. The molecule has 3 unspecified atom stereocenters. The molecule has 0 radical (unpaired) electrons. The molecule has 3 heterocycles. The van der Waals surface area contributed by atoms with E-state index in [0.717, 1.165) is 0 Å². The fraction of sp³-hybridized carbons (Fsp3) is 0.529. The summed E-state index contributed by atoms with van der Waals surface area (Å²) in [6.45, 7) is 1.58. The highest BCUT2D eigenvalue weighted by atomic mass is 35.5. The lowest BCUT2D eigenvalue weighted by Gasteiger charge is -2.30. The molecular weight excluding hydrogens is 349 g/mol. The van der Waals surface area contributed by atoms with Crippen LogP contribution in [0, 0.1) is 5.82 Å². The summed E-state index contributed by atoms with van der Waals surface area (Å²) in [6, 6.07) is 3.27. The van der Waals surface area contributed by atoms with Crippen molar-refractivity contribution in [2.24, 2.45) is 0 Å². The lowest BCUT2D eigenvalue weighted by molar-refractivity contribution is -0.133. The number of benzene rings is 1. The second kappa shape index (κ2) is 6.14. The number of urea groups is 1. The Hall–Kier alpha value is -1.86. The number of carbonyl (C=O) groups is 2. The Labute approximate surface area is 149 Å². The Balaban J connectivity index is 1.52. The summed E-state index contributed by atoms with van der Waals surface area (Å²) < 4.78 is 13.7. The summed E-state index contributed by atoms with van der Waals surface area (Å²) in [5.74, 6) is -0.803. The van der Waals surface area contributed by atoms with Crippen molar-refractivity contribution in [2.75, 3.05) is 24.5 Å². The Bertz CT molecular complexity index is 731. The topological polar surface area (TPSA) is 64.1 Å². The van der Waals surface area contributed by atoms with Crippen molar-refractivity contribution in [3.8, 4) is 0 Å². The Morgan fingerprint density at radius 1 is 1.20 bits per heavy atom. The summed E-state index contributed by atoms with van der Waals surface area (Å²) in [6.07, 6.45) is 1.07. The molecule has 1 aromatic rings. The molecule has 3 fully saturated rings. The van der Waals surface area contributed by atoms with E-state index in [9.17, 15) is 19.1 Å². The van der Waals surface area contributed by atoms with Crippen LogP contribution in [0.15, 0.2) is 18.2 Å². The van der Waals surface area contributed by atoms with E-state index in [1.54, 1.807) is 6.07 Å². The van der Waals surface area contributed by atoms with E-state index in [1.807, 2.05) is 4.90 Å². The number of halogens is 2. The van der Waals surface area contributed by atoms with Gasteiger partial charge in [0.1, 0.15) is 11.9 Å². The zero-order valence-corrected chi connectivity index (χ0v) is 14.3. The third-order valence-electron chi connectivity index (χ3n) is 5.34. The molecule has 1 N–H and O–H groups in total. The highest BCUT2D eigenvalue weighted by Gasteiger charge is 2.52. The van der Waals surface area contributed by atoms with Gasteiger partial charge in [-0.25, -0.2) is 9.18 Å². The molecule has 0 saturated carbocycles. The molecule has 3 aliphatic heterocycles. The summed E-state index contributed by atoms with van der Waals surface area (Å²) >= 11 is 5.72. The van der Waals surface area contributed by atoms with Crippen LogP contribution in [0.3, 0.4) is 0 Å². The molecule has 3 amide bonds. The molecule has 1 aromatic carbocycles. The predicted molar refractivity (Wildman–Crippen MR) is 90.0 cm³/mol. The third kappa shape index (κ3) is 2.66. The van der Waals surface area contributed by atoms with Gasteiger partial charge in [-0.1, -0.05) is 11.6 Å². The van der Waals surface area contributed by atoms with Crippen molar-refractivity contribution in [2.45, 2.75) is 37.5 Å². The van der Waals surface area contributed by atoms with Gasteiger partial charge < -0.3 is 14.9 Å². The summed E-state index contributed by atoms with van der Waals surface area (Å²) in [4.78, 5) is 30.1. The van der Waals surface area contributed by atoms with Crippen LogP contribution in [0.4, 0.5) is 14.9 Å². The molecule has 0 bridgehead atoms. The van der Waals surface area contributed by atoms with Gasteiger partial charge in [0.05, 0.1) is 17.2 Å². The first kappa shape index (κ1) is 16.6. The maximum atomic E-state index is 13.7. The van der Waals surface area contributed by atoms with E-state index in [-0.39, 0.29) is 23.0 Å². The number of aliphatic hydroxyl groups is 1. The molecule has 3 atom stereocenters. The minimum absolute atomic E-state index is 0.0651. The minimum Gasteiger partial charge on any atom is -0.390 e. The predicted octanol–water partition coefficient (Wildman–Crippen LogP) is 1.85. The van der Waals surface area contributed by atoms with Gasteiger partial charge in [0.15, 0.2) is 0 Å². The molecule has 0 aliphatic carbocycles. The van der Waals surface area contributed by atoms with Crippen LogP contribution in [0.2, 0.25) is 5.02 Å². The van der Waals surface area contributed by atoms with Gasteiger partial charge >= 0.3 is 6.03 Å². The number of rotatable bonds is 2. The molecule has 4 rings (SSSR count). The van der Waals surface area contributed by atoms with Gasteiger partial charge in [-0.15, -0.1) is 0 Å². The summed E-state index contributed by atoms with van der Waals surface area (Å²) in [7, 11) is 0. The van der Waals surface area contributed by atoms with Crippen LogP contribution in [-0.4, -0.2) is 64.7 Å². The van der Waals surface area contributed by atoms with Crippen LogP contribution < -0.4 is 4.90 Å². The number of anilines is 1. The van der Waals surface area contributed by atoms with Crippen molar-refractivity contribution in [1.82, 2.24) is 9.80 Å². The van der Waals surface area contributed by atoms with E-state index < -0.39 is 18.0 Å². The second-order valence-electron chi connectivity index (χ2n) is 6.83. The molecule has 6 nitrogen and oxygen atoms in total. The van der Waals surface area contributed by atoms with Crippen molar-refractivity contribution in [3.63, 3.8) is 0 Å². The highest BCUT2D eigenvalue weighted by Crippen LogP contribution is 2.32. The minimum atomic E-state index is -0.793. The number of aliphatic hydroxyl groups excluding tert-OH is 1. The number of nitrogens with zero attached hydrogens (tertiary/aromatic N) is 3. The van der Waals surface area contributed by atoms with Crippen LogP contribution >= 0.6 is 11.6 Å². The normalized spacial score (nSPS) is 29.6. The third-order valence-corrected chi connectivity index (χ3v) is 5.64. The lowest BCUT2D eigenvalue weighted by Crippen LogP contribution is -2.48. The second-order valence-corrected chi connectivity index (χ2v) is 7.23. The molecule has 0 spiro atoms. The zero-order chi connectivity index (χ0) is 17.7. The fourth-order valence-electron chi connectivity index (χ4n) is 4.07. The maximum absolute atomic E-state index is 13.7. The van der Waals surface area contributed by atoms with Gasteiger partial charge in [0.25, 0.3) is 5.91 Å². The van der Waals surface area contributed by atoms with E-state index in [4.69, 9.17) is 11.6 Å². The quantitative estimate of drug-likeness (QED) is 0.810. The van der Waals surface area contributed by atoms with Gasteiger partial charge in [0.2, 0.25) is 0 Å². The SMILES string of the molecule is O=C1C2C(O)CCCN2C(=O)N1C1CCN(c2ccc(Cl)c(F)c2)C1. The summed E-state index contributed by atoms with van der Waals surface area (Å²) in [5, 5.41) is 10.2. The van der Waals surface area contributed by atoms with Gasteiger partial charge in [-0.2, -0.15) is 0 Å². The fourth-order valence-corrected chi connectivity index (χ4v) is 4.19. The monoisotopic (exact) mass is 367 g/mol. The Morgan fingerprint density at radius 2 is 2.00 bits per heavy atom. The molecule has 3 saturated heterocycles. The van der Waals surface area contributed by atoms with Crippen LogP contribution in [0.25, 0.3) is 0 Å². The van der Waals surface area contributed by atoms with Crippen LogP contribution in [0.1, 0.15) is 19.3 Å². The number of imide groups is 1. The van der Waals surface area contributed by atoms with Crippen molar-refractivity contribution < 1.29 is 19.1 Å². The number of carbonyl (C=O) groups excluding carboxylic acids is 2. The smallest absolute Gasteiger partial charge is 0.327 e. The number of amides is 3.